The first-order valence-corrected chi connectivity index (χ1v) is 14.7. The van der Waals surface area contributed by atoms with Gasteiger partial charge in [0.15, 0.2) is 17.2 Å². The molecular weight excluding hydrogens is 646 g/mol. The zero-order chi connectivity index (χ0) is 34.6. The lowest BCUT2D eigenvalue weighted by Crippen LogP contribution is -2.14. The van der Waals surface area contributed by atoms with Gasteiger partial charge in [0.25, 0.3) is 5.91 Å². The van der Waals surface area contributed by atoms with Crippen molar-refractivity contribution in [1.29, 1.82) is 0 Å². The maximum absolute atomic E-state index is 13.6. The van der Waals surface area contributed by atoms with Gasteiger partial charge in [0.2, 0.25) is 5.75 Å². The van der Waals surface area contributed by atoms with E-state index in [-0.39, 0.29) is 28.5 Å². The van der Waals surface area contributed by atoms with Gasteiger partial charge >= 0.3 is 18.0 Å². The van der Waals surface area contributed by atoms with E-state index in [9.17, 15) is 41.3 Å². The smallest absolute Gasteiger partial charge is 0.416 e. The number of anilines is 1. The van der Waals surface area contributed by atoms with Gasteiger partial charge in [-0.05, 0) is 85.0 Å². The van der Waals surface area contributed by atoms with Crippen LogP contribution in [0.1, 0.15) is 65.1 Å². The van der Waals surface area contributed by atoms with Crippen LogP contribution in [0.2, 0.25) is 0 Å². The van der Waals surface area contributed by atoms with Crippen LogP contribution in [0.4, 0.5) is 37.7 Å². The third-order valence-corrected chi connectivity index (χ3v) is 7.87. The number of amides is 1. The van der Waals surface area contributed by atoms with Crippen LogP contribution < -0.4 is 19.5 Å². The quantitative estimate of drug-likeness (QED) is 0.108. The number of nitro groups is 1. The lowest BCUT2D eigenvalue weighted by molar-refractivity contribution is -0.385. The first kappa shape index (κ1) is 34.1. The minimum Gasteiger partial charge on any atom is -0.493 e. The molecule has 1 aliphatic rings. The molecule has 4 aromatic carbocycles. The molecule has 0 spiro atoms. The second kappa shape index (κ2) is 13.8. The fourth-order valence-electron chi connectivity index (χ4n) is 5.39. The molecule has 0 saturated heterocycles. The van der Waals surface area contributed by atoms with Crippen LogP contribution in [0.15, 0.2) is 78.9 Å². The fourth-order valence-corrected chi connectivity index (χ4v) is 5.39. The molecule has 0 aliphatic heterocycles. The Bertz CT molecular complexity index is 1800. The Kier molecular flexibility index (Phi) is 9.82. The molecule has 14 heteroatoms. The SMILES string of the molecule is COc1cc(C(=O)Nc2cc(C(F)(F)F)ccc2Oc2ccc(C3CCCCC3)cc2)ccc1Oc1ccc(C(F)(F)F)cc1[N+](=O)[O-]. The molecule has 4 aromatic rings. The highest BCUT2D eigenvalue weighted by molar-refractivity contribution is 6.05. The van der Waals surface area contributed by atoms with Crippen molar-refractivity contribution in [3.8, 4) is 28.7 Å². The molecule has 0 atom stereocenters. The molecule has 0 unspecified atom stereocenters. The Balaban J connectivity index is 1.39. The predicted octanol–water partition coefficient (Wildman–Crippen LogP) is 10.5. The summed E-state index contributed by atoms with van der Waals surface area (Å²) >= 11 is 0. The zero-order valence-corrected chi connectivity index (χ0v) is 25.3. The molecule has 1 fully saturated rings. The van der Waals surface area contributed by atoms with Crippen LogP contribution in [-0.2, 0) is 12.4 Å². The summed E-state index contributed by atoms with van der Waals surface area (Å²) in [7, 11) is 1.18. The van der Waals surface area contributed by atoms with E-state index in [1.54, 1.807) is 12.1 Å². The van der Waals surface area contributed by atoms with Crippen LogP contribution in [0, 0.1) is 10.1 Å². The van der Waals surface area contributed by atoms with Gasteiger partial charge in [0.1, 0.15) is 5.75 Å². The fraction of sp³-hybridized carbons (Fsp3) is 0.265. The van der Waals surface area contributed by atoms with Crippen LogP contribution in [0.25, 0.3) is 0 Å². The van der Waals surface area contributed by atoms with Crippen molar-refractivity contribution in [3.63, 3.8) is 0 Å². The van der Waals surface area contributed by atoms with Crippen molar-refractivity contribution >= 4 is 17.3 Å². The minimum absolute atomic E-state index is 0.0525. The average molecular weight is 675 g/mol. The molecular formula is C34H28F6N2O6. The first-order valence-electron chi connectivity index (χ1n) is 14.7. The summed E-state index contributed by atoms with van der Waals surface area (Å²) in [6, 6.07) is 15.2. The van der Waals surface area contributed by atoms with Gasteiger partial charge in [0, 0.05) is 11.6 Å². The van der Waals surface area contributed by atoms with Gasteiger partial charge in [-0.2, -0.15) is 26.3 Å². The van der Waals surface area contributed by atoms with Gasteiger partial charge in [-0.3, -0.25) is 14.9 Å². The minimum atomic E-state index is -4.83. The van der Waals surface area contributed by atoms with E-state index in [4.69, 9.17) is 14.2 Å². The van der Waals surface area contributed by atoms with Gasteiger partial charge < -0.3 is 19.5 Å². The summed E-state index contributed by atoms with van der Waals surface area (Å²) in [5.74, 6) is -0.980. The number of methoxy groups -OCH3 is 1. The number of alkyl halides is 6. The van der Waals surface area contributed by atoms with Crippen molar-refractivity contribution in [3.05, 3.63) is 111 Å². The average Bonchev–Trinajstić information content (AvgIpc) is 3.05. The largest absolute Gasteiger partial charge is 0.493 e. The number of nitrogens with one attached hydrogen (secondary N) is 1. The van der Waals surface area contributed by atoms with Gasteiger partial charge in [-0.25, -0.2) is 0 Å². The Labute approximate surface area is 270 Å². The van der Waals surface area contributed by atoms with Crippen LogP contribution in [-0.4, -0.2) is 17.9 Å². The predicted molar refractivity (Wildman–Crippen MR) is 163 cm³/mol. The Hall–Kier alpha value is -5.27. The number of halogens is 6. The molecule has 1 N–H and O–H groups in total. The molecule has 48 heavy (non-hydrogen) atoms. The monoisotopic (exact) mass is 674 g/mol. The van der Waals surface area contributed by atoms with E-state index in [1.807, 2.05) is 12.1 Å². The zero-order valence-electron chi connectivity index (χ0n) is 25.3. The molecule has 1 aliphatic carbocycles. The molecule has 5 rings (SSSR count). The number of ether oxygens (including phenoxy) is 3. The molecule has 0 bridgehead atoms. The number of carbonyl (C=O) groups is 1. The molecule has 252 valence electrons. The van der Waals surface area contributed by atoms with E-state index in [2.05, 4.69) is 5.32 Å². The van der Waals surface area contributed by atoms with Crippen molar-refractivity contribution in [2.45, 2.75) is 50.4 Å². The van der Waals surface area contributed by atoms with Crippen molar-refractivity contribution < 1.29 is 50.3 Å². The molecule has 8 nitrogen and oxygen atoms in total. The number of hydrogen-bond donors (Lipinski definition) is 1. The summed E-state index contributed by atoms with van der Waals surface area (Å²) in [6.07, 6.45) is -3.87. The second-order valence-electron chi connectivity index (χ2n) is 11.1. The second-order valence-corrected chi connectivity index (χ2v) is 11.1. The van der Waals surface area contributed by atoms with Crippen LogP contribution >= 0.6 is 0 Å². The highest BCUT2D eigenvalue weighted by Gasteiger charge is 2.34. The van der Waals surface area contributed by atoms with E-state index >= 15 is 0 Å². The molecule has 0 radical (unpaired) electrons. The third kappa shape index (κ3) is 7.99. The third-order valence-electron chi connectivity index (χ3n) is 7.87. The van der Waals surface area contributed by atoms with Crippen molar-refractivity contribution in [1.82, 2.24) is 0 Å². The lowest BCUT2D eigenvalue weighted by atomic mass is 9.84. The summed E-state index contributed by atoms with van der Waals surface area (Å²) < 4.78 is 96.7. The van der Waals surface area contributed by atoms with E-state index in [0.717, 1.165) is 61.6 Å². The molecule has 0 heterocycles. The Morgan fingerprint density at radius 2 is 1.35 bits per heavy atom. The maximum atomic E-state index is 13.6. The lowest BCUT2D eigenvalue weighted by Gasteiger charge is -2.22. The van der Waals surface area contributed by atoms with Gasteiger partial charge in [0.05, 0.1) is 28.8 Å². The van der Waals surface area contributed by atoms with Crippen LogP contribution in [0.5, 0.6) is 28.7 Å². The van der Waals surface area contributed by atoms with Gasteiger partial charge in [-0.15, -0.1) is 0 Å². The van der Waals surface area contributed by atoms with Gasteiger partial charge in [-0.1, -0.05) is 31.4 Å². The van der Waals surface area contributed by atoms with E-state index in [1.165, 1.54) is 25.7 Å². The Morgan fingerprint density at radius 3 is 1.96 bits per heavy atom. The summed E-state index contributed by atoms with van der Waals surface area (Å²) in [5.41, 5.74) is -2.48. The Morgan fingerprint density at radius 1 is 0.750 bits per heavy atom. The van der Waals surface area contributed by atoms with Crippen molar-refractivity contribution in [2.75, 3.05) is 12.4 Å². The standard InChI is InChI=1S/C34H28F6N2O6/c1-46-31-17-22(9-14-30(31)48-29-16-11-24(34(38,39)40)19-27(29)42(44)45)32(43)41-26-18-23(33(35,36)37)10-15-28(26)47-25-12-7-21(8-13-25)20-5-3-2-4-6-20/h7-20H,2-6H2,1H3,(H,41,43). The van der Waals surface area contributed by atoms with Crippen molar-refractivity contribution in [2.24, 2.45) is 0 Å². The van der Waals surface area contributed by atoms with E-state index < -0.39 is 45.7 Å². The summed E-state index contributed by atoms with van der Waals surface area (Å²) in [6.45, 7) is 0. The summed E-state index contributed by atoms with van der Waals surface area (Å²) in [5, 5.41) is 13.9. The number of hydrogen-bond acceptors (Lipinski definition) is 6. The number of benzene rings is 4. The number of nitrogens with zero attached hydrogens (tertiary/aromatic N) is 1. The highest BCUT2D eigenvalue weighted by atomic mass is 19.4. The molecule has 1 amide bonds. The summed E-state index contributed by atoms with van der Waals surface area (Å²) in [4.78, 5) is 23.7. The van der Waals surface area contributed by atoms with Crippen LogP contribution in [0.3, 0.4) is 0 Å². The molecule has 0 aromatic heterocycles. The highest BCUT2D eigenvalue weighted by Crippen LogP contribution is 2.41. The topological polar surface area (TPSA) is 99.9 Å². The number of carbonyl (C=O) groups excluding carboxylic acids is 1. The normalized spacial score (nSPS) is 13.9. The maximum Gasteiger partial charge on any atom is 0.416 e. The molecule has 1 saturated carbocycles. The first-order chi connectivity index (χ1) is 22.7. The number of nitro benzene ring substituents is 1. The number of rotatable bonds is 9. The van der Waals surface area contributed by atoms with E-state index in [0.29, 0.717) is 23.8 Å².